The molecule has 3 rings (SSSR count). The molecule has 2 aliphatic heterocycles. The van der Waals surface area contributed by atoms with E-state index < -0.39 is 0 Å². The number of nitrogens with one attached hydrogen (secondary N) is 1. The van der Waals surface area contributed by atoms with Gasteiger partial charge in [0.05, 0.1) is 19.3 Å². The van der Waals surface area contributed by atoms with Crippen molar-refractivity contribution >= 4 is 0 Å². The monoisotopic (exact) mass is 291 g/mol. The Bertz CT molecular complexity index is 432. The van der Waals surface area contributed by atoms with Crippen molar-refractivity contribution < 1.29 is 9.47 Å². The topological polar surface area (TPSA) is 46.6 Å². The Balaban J connectivity index is 1.50. The summed E-state index contributed by atoms with van der Waals surface area (Å²) in [5, 5.41) is 3.42. The third-order valence-electron chi connectivity index (χ3n) is 4.26. The summed E-state index contributed by atoms with van der Waals surface area (Å²) in [6.07, 6.45) is 6.24. The van der Waals surface area contributed by atoms with Gasteiger partial charge in [0.15, 0.2) is 0 Å². The molecule has 1 aromatic rings. The molecule has 2 atom stereocenters. The number of rotatable bonds is 4. The standard InChI is InChI=1S/C16H25N3O2/c1-19(10-14-3-2-6-17-9-14)11-15-4-5-16(21-15)12-18-7-8-20-13-16/h2-3,6,9,15,18H,4-5,7-8,10-13H2,1H3/t15-,16+/m1/s1. The second kappa shape index (κ2) is 6.83. The van der Waals surface area contributed by atoms with Crippen LogP contribution < -0.4 is 5.32 Å². The van der Waals surface area contributed by atoms with Crippen LogP contribution in [0.5, 0.6) is 0 Å². The lowest BCUT2D eigenvalue weighted by atomic mass is 10.0. The number of aromatic nitrogens is 1. The lowest BCUT2D eigenvalue weighted by Gasteiger charge is -2.28. The summed E-state index contributed by atoms with van der Waals surface area (Å²) in [6, 6.07) is 4.10. The van der Waals surface area contributed by atoms with E-state index in [0.717, 1.165) is 52.2 Å². The molecule has 2 aliphatic rings. The van der Waals surface area contributed by atoms with Gasteiger partial charge in [-0.15, -0.1) is 0 Å². The van der Waals surface area contributed by atoms with Gasteiger partial charge in [-0.25, -0.2) is 0 Å². The second-order valence-corrected chi connectivity index (χ2v) is 6.25. The molecular weight excluding hydrogens is 266 g/mol. The number of pyridine rings is 1. The molecule has 0 unspecified atom stereocenters. The lowest BCUT2D eigenvalue weighted by Crippen LogP contribution is -2.43. The van der Waals surface area contributed by atoms with E-state index >= 15 is 0 Å². The summed E-state index contributed by atoms with van der Waals surface area (Å²) in [6.45, 7) is 5.22. The van der Waals surface area contributed by atoms with Crippen molar-refractivity contribution in [2.45, 2.75) is 31.1 Å². The maximum absolute atomic E-state index is 6.33. The normalized spacial score (nSPS) is 29.9. The van der Waals surface area contributed by atoms with Crippen LogP contribution in [0.15, 0.2) is 24.5 Å². The largest absolute Gasteiger partial charge is 0.377 e. The molecular formula is C16H25N3O2. The van der Waals surface area contributed by atoms with Gasteiger partial charge >= 0.3 is 0 Å². The molecule has 3 heterocycles. The van der Waals surface area contributed by atoms with E-state index in [-0.39, 0.29) is 5.60 Å². The van der Waals surface area contributed by atoms with Gasteiger partial charge in [-0.1, -0.05) is 6.07 Å². The van der Waals surface area contributed by atoms with Crippen LogP contribution in [0.4, 0.5) is 0 Å². The van der Waals surface area contributed by atoms with Gasteiger partial charge in [0.1, 0.15) is 5.60 Å². The molecule has 5 nitrogen and oxygen atoms in total. The number of likely N-dealkylation sites (N-methyl/N-ethyl adjacent to an activating group) is 1. The summed E-state index contributed by atoms with van der Waals surface area (Å²) < 4.78 is 12.0. The van der Waals surface area contributed by atoms with Crippen LogP contribution >= 0.6 is 0 Å². The Morgan fingerprint density at radius 3 is 3.33 bits per heavy atom. The molecule has 21 heavy (non-hydrogen) atoms. The van der Waals surface area contributed by atoms with Gasteiger partial charge in [0.2, 0.25) is 0 Å². The molecule has 0 radical (unpaired) electrons. The summed E-state index contributed by atoms with van der Waals surface area (Å²) in [7, 11) is 2.14. The van der Waals surface area contributed by atoms with Crippen LogP contribution in [-0.2, 0) is 16.0 Å². The van der Waals surface area contributed by atoms with Gasteiger partial charge in [-0.05, 0) is 31.5 Å². The van der Waals surface area contributed by atoms with Crippen molar-refractivity contribution in [2.24, 2.45) is 0 Å². The Morgan fingerprint density at radius 1 is 1.52 bits per heavy atom. The Morgan fingerprint density at radius 2 is 2.48 bits per heavy atom. The lowest BCUT2D eigenvalue weighted by molar-refractivity contribution is -0.0834. The molecule has 0 aliphatic carbocycles. The molecule has 1 N–H and O–H groups in total. The average Bonchev–Trinajstić information content (AvgIpc) is 2.72. The van der Waals surface area contributed by atoms with Gasteiger partial charge < -0.3 is 14.8 Å². The molecule has 0 amide bonds. The van der Waals surface area contributed by atoms with E-state index in [0.29, 0.717) is 6.10 Å². The number of hydrogen-bond acceptors (Lipinski definition) is 5. The number of nitrogens with zero attached hydrogens (tertiary/aromatic N) is 2. The highest BCUT2D eigenvalue weighted by molar-refractivity contribution is 5.08. The molecule has 0 bridgehead atoms. The number of ether oxygens (including phenoxy) is 2. The Hall–Kier alpha value is -1.01. The fourth-order valence-corrected chi connectivity index (χ4v) is 3.25. The zero-order valence-electron chi connectivity index (χ0n) is 12.8. The summed E-state index contributed by atoms with van der Waals surface area (Å²) >= 11 is 0. The Kier molecular flexibility index (Phi) is 4.85. The van der Waals surface area contributed by atoms with Crippen LogP contribution in [0.3, 0.4) is 0 Å². The van der Waals surface area contributed by atoms with Crippen molar-refractivity contribution in [2.75, 3.05) is 39.9 Å². The van der Waals surface area contributed by atoms with Crippen LogP contribution in [0.2, 0.25) is 0 Å². The molecule has 0 saturated carbocycles. The average molecular weight is 291 g/mol. The van der Waals surface area contributed by atoms with E-state index in [1.54, 1.807) is 0 Å². The van der Waals surface area contributed by atoms with E-state index in [1.807, 2.05) is 18.5 Å². The number of hydrogen-bond donors (Lipinski definition) is 1. The highest BCUT2D eigenvalue weighted by atomic mass is 16.6. The SMILES string of the molecule is CN(Cc1cccnc1)C[C@H]1CC[C@@]2(CNCCOC2)O1. The van der Waals surface area contributed by atoms with E-state index in [9.17, 15) is 0 Å². The van der Waals surface area contributed by atoms with E-state index in [4.69, 9.17) is 9.47 Å². The first-order valence-corrected chi connectivity index (χ1v) is 7.80. The first-order chi connectivity index (χ1) is 10.3. The summed E-state index contributed by atoms with van der Waals surface area (Å²) in [4.78, 5) is 6.48. The van der Waals surface area contributed by atoms with Crippen molar-refractivity contribution in [3.63, 3.8) is 0 Å². The fourth-order valence-electron chi connectivity index (χ4n) is 3.25. The smallest absolute Gasteiger partial charge is 0.104 e. The van der Waals surface area contributed by atoms with Crippen molar-refractivity contribution in [3.05, 3.63) is 30.1 Å². The summed E-state index contributed by atoms with van der Waals surface area (Å²) in [5.41, 5.74) is 1.14. The third-order valence-corrected chi connectivity index (χ3v) is 4.26. The maximum atomic E-state index is 6.33. The summed E-state index contributed by atoms with van der Waals surface area (Å²) in [5.74, 6) is 0. The van der Waals surface area contributed by atoms with Crippen LogP contribution in [0.1, 0.15) is 18.4 Å². The predicted molar refractivity (Wildman–Crippen MR) is 81.1 cm³/mol. The predicted octanol–water partition coefficient (Wildman–Crippen LogP) is 1.05. The fraction of sp³-hybridized carbons (Fsp3) is 0.688. The molecule has 1 aromatic heterocycles. The molecule has 0 aromatic carbocycles. The van der Waals surface area contributed by atoms with Crippen LogP contribution in [0.25, 0.3) is 0 Å². The van der Waals surface area contributed by atoms with E-state index in [1.165, 1.54) is 5.56 Å². The first-order valence-electron chi connectivity index (χ1n) is 7.80. The zero-order valence-corrected chi connectivity index (χ0v) is 12.8. The zero-order chi connectivity index (χ0) is 14.5. The molecule has 5 heteroatoms. The van der Waals surface area contributed by atoms with E-state index in [2.05, 4.69) is 28.3 Å². The van der Waals surface area contributed by atoms with Crippen molar-refractivity contribution in [1.29, 1.82) is 0 Å². The molecule has 2 fully saturated rings. The highest BCUT2D eigenvalue weighted by Gasteiger charge is 2.41. The molecule has 1 spiro atoms. The van der Waals surface area contributed by atoms with Gasteiger partial charge in [-0.3, -0.25) is 9.88 Å². The minimum Gasteiger partial charge on any atom is -0.377 e. The van der Waals surface area contributed by atoms with Crippen LogP contribution in [0, 0.1) is 0 Å². The third kappa shape index (κ3) is 4.01. The van der Waals surface area contributed by atoms with Gasteiger partial charge in [0.25, 0.3) is 0 Å². The van der Waals surface area contributed by atoms with Gasteiger partial charge in [-0.2, -0.15) is 0 Å². The second-order valence-electron chi connectivity index (χ2n) is 6.25. The Labute approximate surface area is 126 Å². The van der Waals surface area contributed by atoms with Crippen LogP contribution in [-0.4, -0.2) is 61.5 Å². The van der Waals surface area contributed by atoms with Crippen molar-refractivity contribution in [3.8, 4) is 0 Å². The van der Waals surface area contributed by atoms with Crippen molar-refractivity contribution in [1.82, 2.24) is 15.2 Å². The minimum atomic E-state index is -0.101. The molecule has 116 valence electrons. The minimum absolute atomic E-state index is 0.101. The highest BCUT2D eigenvalue weighted by Crippen LogP contribution is 2.31. The first kappa shape index (κ1) is 14.9. The van der Waals surface area contributed by atoms with Gasteiger partial charge in [0, 0.05) is 38.6 Å². The maximum Gasteiger partial charge on any atom is 0.104 e. The quantitative estimate of drug-likeness (QED) is 0.898. The molecule has 2 saturated heterocycles.